The molecule has 1 N–H and O–H groups in total. The number of cyclic esters (lactones) is 1. The minimum Gasteiger partial charge on any atom is -0.434 e. The first-order valence-corrected chi connectivity index (χ1v) is 11.6. The van der Waals surface area contributed by atoms with E-state index in [1.165, 1.54) is 23.6 Å². The van der Waals surface area contributed by atoms with Gasteiger partial charge in [-0.1, -0.05) is 18.2 Å². The summed E-state index contributed by atoms with van der Waals surface area (Å²) in [5, 5.41) is 2.67. The van der Waals surface area contributed by atoms with Crippen molar-refractivity contribution < 1.29 is 23.9 Å². The van der Waals surface area contributed by atoms with Crippen molar-refractivity contribution in [2.24, 2.45) is 0 Å². The van der Waals surface area contributed by atoms with Crippen molar-refractivity contribution >= 4 is 46.7 Å². The molecule has 5 rings (SSSR count). The highest BCUT2D eigenvalue weighted by Crippen LogP contribution is 2.36. The van der Waals surface area contributed by atoms with Crippen LogP contribution in [0.3, 0.4) is 0 Å². The number of nitrogens with zero attached hydrogens (tertiary/aromatic N) is 1. The summed E-state index contributed by atoms with van der Waals surface area (Å²) in [5.41, 5.74) is 3.10. The average Bonchev–Trinajstić information content (AvgIpc) is 3.30. The molecule has 2 unspecified atom stereocenters. The van der Waals surface area contributed by atoms with Crippen LogP contribution in [0.25, 0.3) is 0 Å². The predicted octanol–water partition coefficient (Wildman–Crippen LogP) is 4.59. The second-order valence-corrected chi connectivity index (χ2v) is 9.30. The number of nitrogens with one attached hydrogen (secondary N) is 1. The zero-order valence-corrected chi connectivity index (χ0v) is 19.0. The van der Waals surface area contributed by atoms with Gasteiger partial charge in [-0.15, -0.1) is 11.8 Å². The number of Topliss-reactive ketones (excluding diaryl/α,β-unsaturated/α-hetero) is 1. The third kappa shape index (κ3) is 4.08. The number of rotatable bonds is 6. The fourth-order valence-electron chi connectivity index (χ4n) is 4.01. The third-order valence-corrected chi connectivity index (χ3v) is 6.95. The van der Waals surface area contributed by atoms with Crippen LogP contribution < -0.4 is 10.2 Å². The van der Waals surface area contributed by atoms with Crippen molar-refractivity contribution in [2.75, 3.05) is 10.2 Å². The van der Waals surface area contributed by atoms with Gasteiger partial charge in [0.1, 0.15) is 0 Å². The fraction of sp³-hybridized carbons (Fsp3) is 0.154. The number of esters is 1. The summed E-state index contributed by atoms with van der Waals surface area (Å²) in [6.45, 7) is 1.47. The van der Waals surface area contributed by atoms with Crippen LogP contribution in [0, 0.1) is 0 Å². The Balaban J connectivity index is 1.25. The molecular weight excluding hydrogens is 452 g/mol. The molecule has 0 spiro atoms. The summed E-state index contributed by atoms with van der Waals surface area (Å²) in [5.74, 6) is -0.974. The highest BCUT2D eigenvalue weighted by molar-refractivity contribution is 8.00. The average molecular weight is 473 g/mol. The molecule has 0 aliphatic carbocycles. The maximum absolute atomic E-state index is 12.9. The van der Waals surface area contributed by atoms with Gasteiger partial charge in [-0.2, -0.15) is 0 Å². The van der Waals surface area contributed by atoms with Gasteiger partial charge < -0.3 is 10.1 Å². The van der Waals surface area contributed by atoms with Gasteiger partial charge in [0.15, 0.2) is 5.78 Å². The number of ether oxygens (including phenoxy) is 1. The monoisotopic (exact) mass is 472 g/mol. The second kappa shape index (κ2) is 8.79. The largest absolute Gasteiger partial charge is 0.434 e. The van der Waals surface area contributed by atoms with Crippen LogP contribution in [0.2, 0.25) is 0 Å². The van der Waals surface area contributed by atoms with E-state index in [9.17, 15) is 19.2 Å². The summed E-state index contributed by atoms with van der Waals surface area (Å²) in [4.78, 5) is 51.0. The van der Waals surface area contributed by atoms with Crippen LogP contribution in [-0.2, 0) is 14.3 Å². The SMILES string of the molecule is CC(=O)c1ccc(N2C(=O)CC(Sc3ccc(NC4OC(=O)c5ccccc54)cc3)C2=O)cc1. The Morgan fingerprint density at radius 1 is 0.971 bits per heavy atom. The quantitative estimate of drug-likeness (QED) is 0.319. The number of amides is 2. The summed E-state index contributed by atoms with van der Waals surface area (Å²) >= 11 is 1.33. The van der Waals surface area contributed by atoms with Crippen molar-refractivity contribution in [1.82, 2.24) is 0 Å². The Bertz CT molecular complexity index is 1300. The van der Waals surface area contributed by atoms with Gasteiger partial charge in [0.05, 0.1) is 16.5 Å². The smallest absolute Gasteiger partial charge is 0.340 e. The van der Waals surface area contributed by atoms with Crippen LogP contribution in [-0.4, -0.2) is 28.8 Å². The Kier molecular flexibility index (Phi) is 5.67. The normalized spacial score (nSPS) is 19.2. The lowest BCUT2D eigenvalue weighted by Gasteiger charge is -2.16. The standard InChI is InChI=1S/C26H20N2O5S/c1-15(29)16-6-10-18(11-7-16)28-23(30)14-22(25(28)31)34-19-12-8-17(9-13-19)27-24-20-4-2-3-5-21(20)26(32)33-24/h2-13,22,24,27H,14H2,1H3. The molecule has 8 heteroatoms. The van der Waals surface area contributed by atoms with Crippen LogP contribution in [0.4, 0.5) is 11.4 Å². The fourth-order valence-corrected chi connectivity index (χ4v) is 5.06. The van der Waals surface area contributed by atoms with Crippen molar-refractivity contribution in [2.45, 2.75) is 29.7 Å². The highest BCUT2D eigenvalue weighted by atomic mass is 32.2. The molecule has 3 aromatic carbocycles. The van der Waals surface area contributed by atoms with Crippen LogP contribution in [0.15, 0.2) is 77.7 Å². The zero-order chi connectivity index (χ0) is 23.8. The van der Waals surface area contributed by atoms with Gasteiger partial charge in [0.2, 0.25) is 18.0 Å². The second-order valence-electron chi connectivity index (χ2n) is 8.02. The molecule has 7 nitrogen and oxygen atoms in total. The first-order chi connectivity index (χ1) is 16.4. The first-order valence-electron chi connectivity index (χ1n) is 10.7. The number of anilines is 2. The Hall–Kier alpha value is -3.91. The van der Waals surface area contributed by atoms with Crippen molar-refractivity contribution in [1.29, 1.82) is 0 Å². The number of ketones is 1. The van der Waals surface area contributed by atoms with Crippen LogP contribution in [0.5, 0.6) is 0 Å². The topological polar surface area (TPSA) is 92.8 Å². The molecule has 0 radical (unpaired) electrons. The molecule has 2 aliphatic rings. The van der Waals surface area contributed by atoms with Gasteiger partial charge in [0.25, 0.3) is 0 Å². The molecule has 2 aliphatic heterocycles. The number of carbonyl (C=O) groups excluding carboxylic acids is 4. The van der Waals surface area contributed by atoms with Gasteiger partial charge in [-0.05, 0) is 61.5 Å². The lowest BCUT2D eigenvalue weighted by molar-refractivity contribution is -0.121. The number of hydrogen-bond donors (Lipinski definition) is 1. The van der Waals surface area contributed by atoms with Gasteiger partial charge in [-0.3, -0.25) is 14.4 Å². The van der Waals surface area contributed by atoms with E-state index in [4.69, 9.17) is 4.74 Å². The van der Waals surface area contributed by atoms with Gasteiger partial charge in [-0.25, -0.2) is 9.69 Å². The molecule has 170 valence electrons. The van der Waals surface area contributed by atoms with E-state index in [2.05, 4.69) is 5.32 Å². The molecule has 1 saturated heterocycles. The lowest BCUT2D eigenvalue weighted by Crippen LogP contribution is -2.31. The molecule has 3 aromatic rings. The van der Waals surface area contributed by atoms with Crippen LogP contribution in [0.1, 0.15) is 45.9 Å². The zero-order valence-electron chi connectivity index (χ0n) is 18.2. The maximum atomic E-state index is 12.9. The number of carbonyl (C=O) groups is 4. The van der Waals surface area contributed by atoms with Crippen molar-refractivity contribution in [3.05, 3.63) is 89.5 Å². The molecular formula is C26H20N2O5S. The number of fused-ring (bicyclic) bond motifs is 1. The molecule has 0 aromatic heterocycles. The van der Waals surface area contributed by atoms with E-state index in [0.29, 0.717) is 16.8 Å². The molecule has 0 bridgehead atoms. The lowest BCUT2D eigenvalue weighted by atomic mass is 10.1. The van der Waals surface area contributed by atoms with E-state index < -0.39 is 11.5 Å². The minimum atomic E-state index is -0.556. The van der Waals surface area contributed by atoms with E-state index in [1.54, 1.807) is 36.4 Å². The number of thioether (sulfide) groups is 1. The van der Waals surface area contributed by atoms with E-state index in [0.717, 1.165) is 16.1 Å². The number of hydrogen-bond acceptors (Lipinski definition) is 7. The Morgan fingerprint density at radius 3 is 2.38 bits per heavy atom. The van der Waals surface area contributed by atoms with E-state index in [1.807, 2.05) is 36.4 Å². The molecule has 0 saturated carbocycles. The summed E-state index contributed by atoms with van der Waals surface area (Å²) in [7, 11) is 0. The van der Waals surface area contributed by atoms with Gasteiger partial charge >= 0.3 is 5.97 Å². The summed E-state index contributed by atoms with van der Waals surface area (Å²) in [6.07, 6.45) is -0.452. The van der Waals surface area contributed by atoms with Gasteiger partial charge in [0, 0.05) is 28.1 Å². The van der Waals surface area contributed by atoms with E-state index in [-0.39, 0.29) is 30.0 Å². The third-order valence-electron chi connectivity index (χ3n) is 5.76. The Labute approximate surface area is 200 Å². The molecule has 2 atom stereocenters. The number of benzene rings is 3. The summed E-state index contributed by atoms with van der Waals surface area (Å²) < 4.78 is 5.41. The molecule has 2 amide bonds. The Morgan fingerprint density at radius 2 is 1.68 bits per heavy atom. The van der Waals surface area contributed by atoms with Crippen molar-refractivity contribution in [3.63, 3.8) is 0 Å². The minimum absolute atomic E-state index is 0.0766. The molecule has 1 fully saturated rings. The maximum Gasteiger partial charge on any atom is 0.340 e. The molecule has 34 heavy (non-hydrogen) atoms. The summed E-state index contributed by atoms with van der Waals surface area (Å²) in [6, 6.07) is 21.1. The predicted molar refractivity (Wildman–Crippen MR) is 128 cm³/mol. The highest BCUT2D eigenvalue weighted by Gasteiger charge is 2.40. The van der Waals surface area contributed by atoms with Crippen molar-refractivity contribution in [3.8, 4) is 0 Å². The van der Waals surface area contributed by atoms with E-state index >= 15 is 0 Å². The first kappa shape index (κ1) is 21.9. The molecule has 2 heterocycles. The number of imide groups is 1. The van der Waals surface area contributed by atoms with Crippen LogP contribution >= 0.6 is 11.8 Å².